The Hall–Kier alpha value is -1.61. The quantitative estimate of drug-likeness (QED) is 0.694. The topological polar surface area (TPSA) is 54.9 Å². The van der Waals surface area contributed by atoms with E-state index >= 15 is 0 Å². The number of nitrogens with one attached hydrogen (secondary N) is 2. The van der Waals surface area contributed by atoms with Crippen LogP contribution in [0.1, 0.15) is 5.56 Å². The first-order chi connectivity index (χ1) is 11.4. The van der Waals surface area contributed by atoms with Crippen molar-refractivity contribution in [1.29, 1.82) is 0 Å². The SMILES string of the molecule is I.c1ccc(Sc2ccc3c(c2)OCO3)c(CNC2=NCCN2)c1. The summed E-state index contributed by atoms with van der Waals surface area (Å²) in [7, 11) is 0. The normalized spacial score (nSPS) is 14.6. The molecule has 0 spiro atoms. The summed E-state index contributed by atoms with van der Waals surface area (Å²) in [4.78, 5) is 6.72. The summed E-state index contributed by atoms with van der Waals surface area (Å²) in [6.07, 6.45) is 0. The highest BCUT2D eigenvalue weighted by atomic mass is 127. The van der Waals surface area contributed by atoms with Crippen LogP contribution in [0.25, 0.3) is 0 Å². The van der Waals surface area contributed by atoms with Gasteiger partial charge in [-0.05, 0) is 29.8 Å². The molecule has 0 bridgehead atoms. The van der Waals surface area contributed by atoms with Gasteiger partial charge in [0.2, 0.25) is 6.79 Å². The van der Waals surface area contributed by atoms with Gasteiger partial charge < -0.3 is 20.1 Å². The first kappa shape index (κ1) is 17.2. The van der Waals surface area contributed by atoms with Crippen molar-refractivity contribution in [2.45, 2.75) is 16.3 Å². The molecule has 2 aliphatic heterocycles. The summed E-state index contributed by atoms with van der Waals surface area (Å²) in [5.74, 6) is 2.51. The van der Waals surface area contributed by atoms with E-state index in [-0.39, 0.29) is 24.0 Å². The highest BCUT2D eigenvalue weighted by Crippen LogP contribution is 2.38. The van der Waals surface area contributed by atoms with Gasteiger partial charge in [0.05, 0.1) is 6.54 Å². The number of nitrogens with zero attached hydrogens (tertiary/aromatic N) is 1. The van der Waals surface area contributed by atoms with E-state index in [1.54, 1.807) is 11.8 Å². The molecule has 126 valence electrons. The number of ether oxygens (including phenoxy) is 2. The summed E-state index contributed by atoms with van der Waals surface area (Å²) in [6, 6.07) is 14.4. The highest BCUT2D eigenvalue weighted by Gasteiger charge is 2.14. The number of rotatable bonds is 4. The molecule has 0 saturated heterocycles. The third-order valence-corrected chi connectivity index (χ3v) is 4.77. The number of guanidine groups is 1. The van der Waals surface area contributed by atoms with Gasteiger partial charge in [0.15, 0.2) is 17.5 Å². The Morgan fingerprint density at radius 2 is 2.00 bits per heavy atom. The largest absolute Gasteiger partial charge is 0.454 e. The second kappa shape index (κ2) is 7.98. The van der Waals surface area contributed by atoms with E-state index in [0.29, 0.717) is 6.79 Å². The molecule has 2 aliphatic rings. The Kier molecular flexibility index (Phi) is 5.72. The van der Waals surface area contributed by atoms with Crippen LogP contribution in [0.15, 0.2) is 57.2 Å². The van der Waals surface area contributed by atoms with E-state index in [9.17, 15) is 0 Å². The first-order valence-corrected chi connectivity index (χ1v) is 8.38. The summed E-state index contributed by atoms with van der Waals surface area (Å²) < 4.78 is 10.8. The van der Waals surface area contributed by atoms with Crippen molar-refractivity contribution in [2.24, 2.45) is 4.99 Å². The maximum Gasteiger partial charge on any atom is 0.231 e. The standard InChI is InChI=1S/C17H17N3O2S.HI/c1-2-4-16(12(3-1)10-20-17-18-7-8-19-17)23-13-5-6-14-15(9-13)22-11-21-14;/h1-6,9H,7-8,10-11H2,(H2,18,19,20);1H. The zero-order valence-corrected chi connectivity index (χ0v) is 16.1. The molecule has 5 nitrogen and oxygen atoms in total. The van der Waals surface area contributed by atoms with Gasteiger partial charge in [-0.1, -0.05) is 30.0 Å². The minimum absolute atomic E-state index is 0. The molecule has 4 rings (SSSR count). The molecule has 0 aliphatic carbocycles. The van der Waals surface area contributed by atoms with Crippen LogP contribution in [0, 0.1) is 0 Å². The Labute approximate surface area is 162 Å². The molecular weight excluding hydrogens is 437 g/mol. The van der Waals surface area contributed by atoms with Crippen LogP contribution in [0.3, 0.4) is 0 Å². The van der Waals surface area contributed by atoms with Crippen molar-refractivity contribution in [3.63, 3.8) is 0 Å². The lowest BCUT2D eigenvalue weighted by Crippen LogP contribution is -2.33. The number of aliphatic imine (C=N–C) groups is 1. The molecule has 2 heterocycles. The Morgan fingerprint density at radius 1 is 1.12 bits per heavy atom. The summed E-state index contributed by atoms with van der Waals surface area (Å²) >= 11 is 1.73. The fraction of sp³-hybridized carbons (Fsp3) is 0.235. The molecule has 0 unspecified atom stereocenters. The Bertz CT molecular complexity index is 754. The molecule has 2 N–H and O–H groups in total. The van der Waals surface area contributed by atoms with E-state index in [1.165, 1.54) is 10.5 Å². The average molecular weight is 455 g/mol. The monoisotopic (exact) mass is 455 g/mol. The second-order valence-electron chi connectivity index (χ2n) is 5.24. The molecule has 0 atom stereocenters. The van der Waals surface area contributed by atoms with E-state index in [1.807, 2.05) is 12.1 Å². The number of hydrogen-bond donors (Lipinski definition) is 2. The molecule has 7 heteroatoms. The molecule has 2 aromatic rings. The number of fused-ring (bicyclic) bond motifs is 1. The maximum atomic E-state index is 5.45. The average Bonchev–Trinajstić information content (AvgIpc) is 3.25. The zero-order valence-electron chi connectivity index (χ0n) is 13.0. The Morgan fingerprint density at radius 3 is 2.88 bits per heavy atom. The van der Waals surface area contributed by atoms with Crippen LogP contribution in [0.4, 0.5) is 0 Å². The van der Waals surface area contributed by atoms with Gasteiger partial charge >= 0.3 is 0 Å². The van der Waals surface area contributed by atoms with Crippen LogP contribution in [0.5, 0.6) is 11.5 Å². The van der Waals surface area contributed by atoms with Crippen LogP contribution in [-0.4, -0.2) is 25.8 Å². The van der Waals surface area contributed by atoms with Crippen molar-refractivity contribution in [3.8, 4) is 11.5 Å². The van der Waals surface area contributed by atoms with Gasteiger partial charge in [0, 0.05) is 22.9 Å². The predicted octanol–water partition coefficient (Wildman–Crippen LogP) is 3.23. The summed E-state index contributed by atoms with van der Waals surface area (Å²) in [5, 5.41) is 6.57. The Balaban J connectivity index is 0.00000169. The lowest BCUT2D eigenvalue weighted by molar-refractivity contribution is 0.174. The van der Waals surface area contributed by atoms with Crippen LogP contribution < -0.4 is 20.1 Å². The molecule has 24 heavy (non-hydrogen) atoms. The summed E-state index contributed by atoms with van der Waals surface area (Å²) in [6.45, 7) is 2.81. The third kappa shape index (κ3) is 3.89. The highest BCUT2D eigenvalue weighted by molar-refractivity contribution is 14.0. The predicted molar refractivity (Wildman–Crippen MR) is 106 cm³/mol. The van der Waals surface area contributed by atoms with Crippen molar-refractivity contribution < 1.29 is 9.47 Å². The van der Waals surface area contributed by atoms with Gasteiger partial charge in [-0.2, -0.15) is 0 Å². The second-order valence-corrected chi connectivity index (χ2v) is 6.35. The molecule has 0 fully saturated rings. The third-order valence-electron chi connectivity index (χ3n) is 3.66. The van der Waals surface area contributed by atoms with Gasteiger partial charge in [0.25, 0.3) is 0 Å². The van der Waals surface area contributed by atoms with E-state index in [4.69, 9.17) is 9.47 Å². The minimum atomic E-state index is 0. The van der Waals surface area contributed by atoms with Crippen molar-refractivity contribution in [1.82, 2.24) is 10.6 Å². The number of hydrogen-bond acceptors (Lipinski definition) is 6. The molecule has 0 radical (unpaired) electrons. The van der Waals surface area contributed by atoms with Gasteiger partial charge in [-0.25, -0.2) is 0 Å². The first-order valence-electron chi connectivity index (χ1n) is 7.56. The molecular formula is C17H18IN3O2S. The number of benzene rings is 2. The van der Waals surface area contributed by atoms with Crippen LogP contribution in [-0.2, 0) is 6.54 Å². The molecule has 0 amide bonds. The fourth-order valence-electron chi connectivity index (χ4n) is 2.51. The smallest absolute Gasteiger partial charge is 0.231 e. The van der Waals surface area contributed by atoms with Gasteiger partial charge in [0.1, 0.15) is 0 Å². The van der Waals surface area contributed by atoms with Crippen LogP contribution in [0.2, 0.25) is 0 Å². The number of halogens is 1. The van der Waals surface area contributed by atoms with E-state index < -0.39 is 0 Å². The van der Waals surface area contributed by atoms with Crippen molar-refractivity contribution >= 4 is 41.7 Å². The van der Waals surface area contributed by atoms with E-state index in [0.717, 1.165) is 42.0 Å². The minimum Gasteiger partial charge on any atom is -0.454 e. The maximum absolute atomic E-state index is 5.45. The van der Waals surface area contributed by atoms with E-state index in [2.05, 4.69) is 46.0 Å². The lowest BCUT2D eigenvalue weighted by atomic mass is 10.2. The molecule has 0 aromatic heterocycles. The van der Waals surface area contributed by atoms with Crippen molar-refractivity contribution in [2.75, 3.05) is 19.9 Å². The molecule has 0 saturated carbocycles. The zero-order chi connectivity index (χ0) is 15.5. The van der Waals surface area contributed by atoms with Crippen LogP contribution >= 0.6 is 35.7 Å². The summed E-state index contributed by atoms with van der Waals surface area (Å²) in [5.41, 5.74) is 1.24. The van der Waals surface area contributed by atoms with Gasteiger partial charge in [-0.3, -0.25) is 4.99 Å². The van der Waals surface area contributed by atoms with Crippen molar-refractivity contribution in [3.05, 3.63) is 48.0 Å². The van der Waals surface area contributed by atoms with Gasteiger partial charge in [-0.15, -0.1) is 24.0 Å². The lowest BCUT2D eigenvalue weighted by Gasteiger charge is -2.11. The fourth-order valence-corrected chi connectivity index (χ4v) is 3.49. The molecule has 2 aromatic carbocycles.